The molecule has 0 heterocycles. The smallest absolute Gasteiger partial charge is 0.264 e. The maximum Gasteiger partial charge on any atom is 0.264 e. The monoisotopic (exact) mass is 476 g/mol. The van der Waals surface area contributed by atoms with E-state index in [1.807, 2.05) is 48.5 Å². The highest BCUT2D eigenvalue weighted by Gasteiger charge is 2.27. The number of amides is 1. The Hall–Kier alpha value is -3.61. The second-order valence-electron chi connectivity index (χ2n) is 7.26. The highest BCUT2D eigenvalue weighted by molar-refractivity contribution is 7.92. The van der Waals surface area contributed by atoms with E-state index < -0.39 is 22.5 Å². The first-order valence-corrected chi connectivity index (χ1v) is 12.0. The fourth-order valence-electron chi connectivity index (χ4n) is 3.42. The minimum Gasteiger partial charge on any atom is -0.324 e. The van der Waals surface area contributed by atoms with E-state index in [1.165, 1.54) is 24.3 Å². The number of rotatable bonds is 7. The van der Waals surface area contributed by atoms with Gasteiger partial charge in [0.2, 0.25) is 5.91 Å². The number of carbonyl (C=O) groups excluding carboxylic acids is 1. The van der Waals surface area contributed by atoms with Crippen LogP contribution in [0.4, 0.5) is 11.4 Å². The highest BCUT2D eigenvalue weighted by Crippen LogP contribution is 2.28. The Morgan fingerprint density at radius 1 is 0.758 bits per heavy atom. The molecule has 0 saturated heterocycles. The molecular formula is C26H21ClN2O3S. The predicted octanol–water partition coefficient (Wildman–Crippen LogP) is 5.84. The van der Waals surface area contributed by atoms with Crippen molar-refractivity contribution < 1.29 is 13.2 Å². The summed E-state index contributed by atoms with van der Waals surface area (Å²) >= 11 is 5.93. The summed E-state index contributed by atoms with van der Waals surface area (Å²) in [7, 11) is -4.01. The van der Waals surface area contributed by atoms with Crippen molar-refractivity contribution >= 4 is 38.9 Å². The van der Waals surface area contributed by atoms with Crippen LogP contribution in [0.2, 0.25) is 5.02 Å². The fourth-order valence-corrected chi connectivity index (χ4v) is 4.97. The van der Waals surface area contributed by atoms with E-state index in [-0.39, 0.29) is 4.90 Å². The van der Waals surface area contributed by atoms with Gasteiger partial charge in [-0.15, -0.1) is 0 Å². The molecule has 4 aromatic carbocycles. The molecule has 0 spiro atoms. The number of halogens is 1. The van der Waals surface area contributed by atoms with Crippen molar-refractivity contribution in [3.8, 4) is 11.1 Å². The number of carbonyl (C=O) groups is 1. The van der Waals surface area contributed by atoms with Gasteiger partial charge in [0.1, 0.15) is 6.54 Å². The fraction of sp³-hybridized carbons (Fsp3) is 0.0385. The molecule has 33 heavy (non-hydrogen) atoms. The summed E-state index contributed by atoms with van der Waals surface area (Å²) in [6.07, 6.45) is 0. The lowest BCUT2D eigenvalue weighted by Crippen LogP contribution is -2.38. The van der Waals surface area contributed by atoms with Crippen LogP contribution in [0.5, 0.6) is 0 Å². The summed E-state index contributed by atoms with van der Waals surface area (Å²) in [6.45, 7) is -0.391. The molecule has 5 nitrogen and oxygen atoms in total. The van der Waals surface area contributed by atoms with E-state index in [0.29, 0.717) is 16.4 Å². The van der Waals surface area contributed by atoms with Crippen LogP contribution in [-0.4, -0.2) is 20.9 Å². The van der Waals surface area contributed by atoms with Crippen LogP contribution in [0.25, 0.3) is 11.1 Å². The predicted molar refractivity (Wildman–Crippen MR) is 133 cm³/mol. The molecule has 0 atom stereocenters. The van der Waals surface area contributed by atoms with Crippen LogP contribution in [0.15, 0.2) is 114 Å². The molecule has 0 aliphatic heterocycles. The summed E-state index contributed by atoms with van der Waals surface area (Å²) in [6, 6.07) is 31.5. The molecule has 4 rings (SSSR count). The number of hydrogen-bond acceptors (Lipinski definition) is 3. The molecule has 1 N–H and O–H groups in total. The van der Waals surface area contributed by atoms with Crippen LogP contribution < -0.4 is 9.62 Å². The largest absolute Gasteiger partial charge is 0.324 e. The number of nitrogens with zero attached hydrogens (tertiary/aromatic N) is 1. The number of nitrogens with one attached hydrogen (secondary N) is 1. The summed E-state index contributed by atoms with van der Waals surface area (Å²) in [5, 5.41) is 3.30. The van der Waals surface area contributed by atoms with Crippen molar-refractivity contribution in [2.75, 3.05) is 16.2 Å². The van der Waals surface area contributed by atoms with Crippen LogP contribution in [0, 0.1) is 0 Å². The Kier molecular flexibility index (Phi) is 6.77. The quantitative estimate of drug-likeness (QED) is 0.364. The van der Waals surface area contributed by atoms with E-state index >= 15 is 0 Å². The van der Waals surface area contributed by atoms with Crippen molar-refractivity contribution in [1.29, 1.82) is 0 Å². The lowest BCUT2D eigenvalue weighted by atomic mass is 10.0. The third-order valence-corrected chi connectivity index (χ3v) is 7.06. The minimum atomic E-state index is -4.01. The van der Waals surface area contributed by atoms with E-state index in [9.17, 15) is 13.2 Å². The third-order valence-electron chi connectivity index (χ3n) is 5.02. The Bertz CT molecular complexity index is 1340. The van der Waals surface area contributed by atoms with Gasteiger partial charge >= 0.3 is 0 Å². The molecule has 0 aliphatic carbocycles. The minimum absolute atomic E-state index is 0.0493. The van der Waals surface area contributed by atoms with Crippen LogP contribution in [-0.2, 0) is 14.8 Å². The number of para-hydroxylation sites is 2. The number of sulfonamides is 1. The first kappa shape index (κ1) is 22.6. The zero-order chi connectivity index (χ0) is 23.3. The van der Waals surface area contributed by atoms with Crippen molar-refractivity contribution in [3.05, 3.63) is 114 Å². The van der Waals surface area contributed by atoms with Gasteiger partial charge < -0.3 is 5.32 Å². The van der Waals surface area contributed by atoms with E-state index in [1.54, 1.807) is 36.4 Å². The molecule has 0 radical (unpaired) electrons. The average Bonchev–Trinajstić information content (AvgIpc) is 2.84. The normalized spacial score (nSPS) is 11.1. The SMILES string of the molecule is O=C(CN(c1ccccc1)S(=O)(=O)c1ccc(Cl)cc1)Nc1ccccc1-c1ccccc1. The van der Waals surface area contributed by atoms with Gasteiger partial charge in [0, 0.05) is 16.3 Å². The van der Waals surface area contributed by atoms with Gasteiger partial charge in [-0.1, -0.05) is 78.3 Å². The molecule has 0 bridgehead atoms. The van der Waals surface area contributed by atoms with Gasteiger partial charge in [-0.05, 0) is 48.0 Å². The van der Waals surface area contributed by atoms with Gasteiger partial charge in [-0.2, -0.15) is 0 Å². The van der Waals surface area contributed by atoms with Gasteiger partial charge in [0.05, 0.1) is 10.6 Å². The summed E-state index contributed by atoms with van der Waals surface area (Å²) in [5.41, 5.74) is 2.78. The molecule has 0 aliphatic rings. The van der Waals surface area contributed by atoms with Crippen molar-refractivity contribution in [2.45, 2.75) is 4.90 Å². The third kappa shape index (κ3) is 5.25. The standard InChI is InChI=1S/C26H21ClN2O3S/c27-21-15-17-23(18-16-21)33(31,32)29(22-11-5-2-6-12-22)19-26(30)28-25-14-8-7-13-24(25)20-9-3-1-4-10-20/h1-18H,19H2,(H,28,30). The average molecular weight is 477 g/mol. The Balaban J connectivity index is 1.65. The van der Waals surface area contributed by atoms with E-state index in [2.05, 4.69) is 5.32 Å². The topological polar surface area (TPSA) is 66.5 Å². The van der Waals surface area contributed by atoms with E-state index in [4.69, 9.17) is 11.6 Å². The molecule has 7 heteroatoms. The van der Waals surface area contributed by atoms with Gasteiger partial charge in [0.25, 0.3) is 10.0 Å². The lowest BCUT2D eigenvalue weighted by molar-refractivity contribution is -0.114. The Morgan fingerprint density at radius 3 is 2.00 bits per heavy atom. The maximum absolute atomic E-state index is 13.4. The molecule has 0 saturated carbocycles. The maximum atomic E-state index is 13.4. The van der Waals surface area contributed by atoms with Gasteiger partial charge in [-0.25, -0.2) is 8.42 Å². The first-order valence-electron chi connectivity index (χ1n) is 10.2. The summed E-state index contributed by atoms with van der Waals surface area (Å²) < 4.78 is 27.9. The molecule has 0 fully saturated rings. The van der Waals surface area contributed by atoms with E-state index in [0.717, 1.165) is 15.4 Å². The van der Waals surface area contributed by atoms with Gasteiger partial charge in [-0.3, -0.25) is 9.10 Å². The van der Waals surface area contributed by atoms with Crippen LogP contribution in [0.1, 0.15) is 0 Å². The summed E-state index contributed by atoms with van der Waals surface area (Å²) in [5.74, 6) is -0.459. The number of hydrogen-bond donors (Lipinski definition) is 1. The van der Waals surface area contributed by atoms with Crippen molar-refractivity contribution in [2.24, 2.45) is 0 Å². The van der Waals surface area contributed by atoms with Crippen LogP contribution in [0.3, 0.4) is 0 Å². The molecule has 4 aromatic rings. The lowest BCUT2D eigenvalue weighted by Gasteiger charge is -2.24. The van der Waals surface area contributed by atoms with Gasteiger partial charge in [0.15, 0.2) is 0 Å². The van der Waals surface area contributed by atoms with Crippen molar-refractivity contribution in [1.82, 2.24) is 0 Å². The Labute approximate surface area is 198 Å². The number of anilines is 2. The molecule has 0 unspecified atom stereocenters. The first-order chi connectivity index (χ1) is 15.9. The molecule has 1 amide bonds. The number of benzene rings is 4. The molecule has 0 aromatic heterocycles. The zero-order valence-electron chi connectivity index (χ0n) is 17.6. The second-order valence-corrected chi connectivity index (χ2v) is 9.56. The Morgan fingerprint density at radius 2 is 1.33 bits per heavy atom. The second kappa shape index (κ2) is 9.90. The molecule has 166 valence electrons. The highest BCUT2D eigenvalue weighted by atomic mass is 35.5. The summed E-state index contributed by atoms with van der Waals surface area (Å²) in [4.78, 5) is 13.1. The zero-order valence-corrected chi connectivity index (χ0v) is 19.1. The van der Waals surface area contributed by atoms with Crippen molar-refractivity contribution in [3.63, 3.8) is 0 Å². The molecular weight excluding hydrogens is 456 g/mol. The van der Waals surface area contributed by atoms with Crippen LogP contribution >= 0.6 is 11.6 Å².